The van der Waals surface area contributed by atoms with E-state index < -0.39 is 0 Å². The average Bonchev–Trinajstić information content (AvgIpc) is 3.21. The van der Waals surface area contributed by atoms with Gasteiger partial charge in [0.05, 0.1) is 30.7 Å². The number of ether oxygens (including phenoxy) is 1. The minimum Gasteiger partial charge on any atom is -0.441 e. The normalized spacial score (nSPS) is 25.5. The molecule has 1 unspecified atom stereocenters. The minimum absolute atomic E-state index is 0.00531. The molecular formula is C18H24N4O3. The smallest absolute Gasteiger partial charge is 0.416 e. The molecule has 1 aromatic rings. The van der Waals surface area contributed by atoms with Crippen molar-refractivity contribution in [2.24, 2.45) is 0 Å². The zero-order valence-corrected chi connectivity index (χ0v) is 14.6. The van der Waals surface area contributed by atoms with Gasteiger partial charge < -0.3 is 9.64 Å². The van der Waals surface area contributed by atoms with Crippen LogP contribution >= 0.6 is 0 Å². The Balaban J connectivity index is 1.50. The van der Waals surface area contributed by atoms with Crippen molar-refractivity contribution in [2.45, 2.75) is 63.5 Å². The van der Waals surface area contributed by atoms with Crippen LogP contribution in [0.1, 0.15) is 63.6 Å². The summed E-state index contributed by atoms with van der Waals surface area (Å²) in [6.45, 7) is 2.91. The van der Waals surface area contributed by atoms with Gasteiger partial charge in [-0.25, -0.2) is 9.78 Å². The standard InChI is InChI=1S/C18H24N4O3/c1-13(23)21-9-5-6-15(21)14-10-20-16(11-19-14)22-12-18(25-17(22)24)7-3-2-4-8-18/h10-11,15H,2-9,12H2,1H3. The van der Waals surface area contributed by atoms with E-state index in [0.717, 1.165) is 50.8 Å². The van der Waals surface area contributed by atoms with Crippen LogP contribution < -0.4 is 4.90 Å². The highest BCUT2D eigenvalue weighted by atomic mass is 16.6. The van der Waals surface area contributed by atoms with Crippen molar-refractivity contribution in [3.8, 4) is 0 Å². The molecule has 1 spiro atoms. The molecule has 3 fully saturated rings. The summed E-state index contributed by atoms with van der Waals surface area (Å²) in [5, 5.41) is 0. The lowest BCUT2D eigenvalue weighted by Crippen LogP contribution is -2.36. The molecule has 0 N–H and O–H groups in total. The highest BCUT2D eigenvalue weighted by molar-refractivity contribution is 5.89. The van der Waals surface area contributed by atoms with Gasteiger partial charge in [-0.15, -0.1) is 0 Å². The summed E-state index contributed by atoms with van der Waals surface area (Å²) in [6, 6.07) is -0.00531. The molecule has 3 heterocycles. The summed E-state index contributed by atoms with van der Waals surface area (Å²) in [7, 11) is 0. The van der Waals surface area contributed by atoms with Crippen LogP contribution in [0.3, 0.4) is 0 Å². The quantitative estimate of drug-likeness (QED) is 0.824. The SMILES string of the molecule is CC(=O)N1CCCC1c1cnc(N2CC3(CCCCC3)OC2=O)cn1. The summed E-state index contributed by atoms with van der Waals surface area (Å²) in [5.74, 6) is 0.597. The van der Waals surface area contributed by atoms with Crippen molar-refractivity contribution in [2.75, 3.05) is 18.0 Å². The number of hydrogen-bond acceptors (Lipinski definition) is 5. The van der Waals surface area contributed by atoms with Crippen molar-refractivity contribution in [1.82, 2.24) is 14.9 Å². The molecule has 0 radical (unpaired) electrons. The molecule has 1 saturated carbocycles. The third kappa shape index (κ3) is 2.96. The molecule has 2 saturated heterocycles. The van der Waals surface area contributed by atoms with Gasteiger partial charge in [-0.05, 0) is 38.5 Å². The van der Waals surface area contributed by atoms with Crippen LogP contribution in [-0.4, -0.2) is 45.6 Å². The fourth-order valence-electron chi connectivity index (χ4n) is 4.35. The molecule has 0 bridgehead atoms. The second kappa shape index (κ2) is 6.28. The van der Waals surface area contributed by atoms with Gasteiger partial charge in [-0.3, -0.25) is 14.7 Å². The third-order valence-corrected chi connectivity index (χ3v) is 5.67. The van der Waals surface area contributed by atoms with Gasteiger partial charge in [0.2, 0.25) is 5.91 Å². The van der Waals surface area contributed by atoms with E-state index in [1.165, 1.54) is 6.42 Å². The third-order valence-electron chi connectivity index (χ3n) is 5.67. The van der Waals surface area contributed by atoms with Crippen molar-refractivity contribution in [3.05, 3.63) is 18.1 Å². The molecule has 1 atom stereocenters. The molecule has 25 heavy (non-hydrogen) atoms. The number of hydrogen-bond donors (Lipinski definition) is 0. The van der Waals surface area contributed by atoms with Crippen LogP contribution in [0.4, 0.5) is 10.6 Å². The largest absolute Gasteiger partial charge is 0.441 e. The molecule has 134 valence electrons. The van der Waals surface area contributed by atoms with E-state index in [0.29, 0.717) is 12.4 Å². The molecule has 1 aliphatic carbocycles. The summed E-state index contributed by atoms with van der Waals surface area (Å²) in [6.07, 6.45) is 10.2. The van der Waals surface area contributed by atoms with Crippen molar-refractivity contribution < 1.29 is 14.3 Å². The number of rotatable bonds is 2. The Hall–Kier alpha value is -2.18. The van der Waals surface area contributed by atoms with Gasteiger partial charge in [-0.1, -0.05) is 6.42 Å². The first-order chi connectivity index (χ1) is 12.1. The number of anilines is 1. The van der Waals surface area contributed by atoms with Gasteiger partial charge in [0.1, 0.15) is 5.60 Å². The van der Waals surface area contributed by atoms with Crippen molar-refractivity contribution in [1.29, 1.82) is 0 Å². The predicted molar refractivity (Wildman–Crippen MR) is 91.0 cm³/mol. The second-order valence-corrected chi connectivity index (χ2v) is 7.37. The lowest BCUT2D eigenvalue weighted by molar-refractivity contribution is -0.129. The Morgan fingerprint density at radius 1 is 1.20 bits per heavy atom. The Bertz CT molecular complexity index is 669. The number of aromatic nitrogens is 2. The van der Waals surface area contributed by atoms with Gasteiger partial charge in [0.25, 0.3) is 0 Å². The molecular weight excluding hydrogens is 320 g/mol. The Morgan fingerprint density at radius 3 is 2.68 bits per heavy atom. The number of carbonyl (C=O) groups is 2. The van der Waals surface area contributed by atoms with Crippen LogP contribution in [-0.2, 0) is 9.53 Å². The van der Waals surface area contributed by atoms with Crippen LogP contribution in [0.2, 0.25) is 0 Å². The van der Waals surface area contributed by atoms with Crippen LogP contribution in [0.5, 0.6) is 0 Å². The predicted octanol–water partition coefficient (Wildman–Crippen LogP) is 2.82. The fraction of sp³-hybridized carbons (Fsp3) is 0.667. The average molecular weight is 344 g/mol. The Kier molecular flexibility index (Phi) is 4.09. The second-order valence-electron chi connectivity index (χ2n) is 7.37. The molecule has 2 aliphatic heterocycles. The zero-order chi connectivity index (χ0) is 17.4. The van der Waals surface area contributed by atoms with Crippen molar-refractivity contribution in [3.63, 3.8) is 0 Å². The zero-order valence-electron chi connectivity index (χ0n) is 14.6. The van der Waals surface area contributed by atoms with E-state index in [1.54, 1.807) is 24.2 Å². The van der Waals surface area contributed by atoms with Gasteiger partial charge in [-0.2, -0.15) is 0 Å². The minimum atomic E-state index is -0.341. The summed E-state index contributed by atoms with van der Waals surface area (Å²) in [5.41, 5.74) is 0.448. The molecule has 2 amide bonds. The van der Waals surface area contributed by atoms with Crippen LogP contribution in [0, 0.1) is 0 Å². The van der Waals surface area contributed by atoms with E-state index in [2.05, 4.69) is 9.97 Å². The summed E-state index contributed by atoms with van der Waals surface area (Å²) < 4.78 is 5.70. The van der Waals surface area contributed by atoms with E-state index in [1.807, 2.05) is 4.90 Å². The molecule has 7 nitrogen and oxygen atoms in total. The number of nitrogens with zero attached hydrogens (tertiary/aromatic N) is 4. The molecule has 3 aliphatic rings. The number of carbonyl (C=O) groups excluding carboxylic acids is 2. The first-order valence-corrected chi connectivity index (χ1v) is 9.18. The Labute approximate surface area is 147 Å². The monoisotopic (exact) mass is 344 g/mol. The van der Waals surface area contributed by atoms with Gasteiger partial charge in [0, 0.05) is 13.5 Å². The summed E-state index contributed by atoms with van der Waals surface area (Å²) >= 11 is 0. The maximum Gasteiger partial charge on any atom is 0.416 e. The number of amides is 2. The molecule has 7 heteroatoms. The maximum absolute atomic E-state index is 12.3. The molecule has 4 rings (SSSR count). The maximum atomic E-state index is 12.3. The highest BCUT2D eigenvalue weighted by Gasteiger charge is 2.46. The lowest BCUT2D eigenvalue weighted by Gasteiger charge is -2.30. The van der Waals surface area contributed by atoms with Crippen molar-refractivity contribution >= 4 is 17.8 Å². The van der Waals surface area contributed by atoms with E-state index in [9.17, 15) is 9.59 Å². The van der Waals surface area contributed by atoms with Gasteiger partial charge >= 0.3 is 6.09 Å². The summed E-state index contributed by atoms with van der Waals surface area (Å²) in [4.78, 5) is 36.4. The first-order valence-electron chi connectivity index (χ1n) is 9.18. The molecule has 0 aromatic carbocycles. The Morgan fingerprint density at radius 2 is 2.00 bits per heavy atom. The van der Waals surface area contributed by atoms with Crippen LogP contribution in [0.15, 0.2) is 12.4 Å². The highest BCUT2D eigenvalue weighted by Crippen LogP contribution is 2.38. The van der Waals surface area contributed by atoms with E-state index >= 15 is 0 Å². The topological polar surface area (TPSA) is 75.6 Å². The number of likely N-dealkylation sites (tertiary alicyclic amines) is 1. The first kappa shape index (κ1) is 16.3. The fourth-order valence-corrected chi connectivity index (χ4v) is 4.35. The van der Waals surface area contributed by atoms with Gasteiger partial charge in [0.15, 0.2) is 5.82 Å². The van der Waals surface area contributed by atoms with E-state index in [-0.39, 0.29) is 23.6 Å². The lowest BCUT2D eigenvalue weighted by atomic mass is 9.85. The van der Waals surface area contributed by atoms with E-state index in [4.69, 9.17) is 4.74 Å². The van der Waals surface area contributed by atoms with Crippen LogP contribution in [0.25, 0.3) is 0 Å². The molecule has 1 aromatic heterocycles.